The van der Waals surface area contributed by atoms with Gasteiger partial charge in [-0.1, -0.05) is 18.2 Å². The van der Waals surface area contributed by atoms with E-state index in [1.54, 1.807) is 23.4 Å². The van der Waals surface area contributed by atoms with Crippen molar-refractivity contribution >= 4 is 11.7 Å². The predicted octanol–water partition coefficient (Wildman–Crippen LogP) is 3.82. The summed E-state index contributed by atoms with van der Waals surface area (Å²) in [5.41, 5.74) is 1.98. The van der Waals surface area contributed by atoms with Crippen LogP contribution in [0.2, 0.25) is 0 Å². The molecule has 1 amide bonds. The molecule has 3 aromatic rings. The zero-order chi connectivity index (χ0) is 22.5. The lowest BCUT2D eigenvalue weighted by atomic mass is 9.88. The molecule has 0 saturated carbocycles. The Labute approximate surface area is 185 Å². The first-order valence-electron chi connectivity index (χ1n) is 10.4. The molecule has 6 nitrogen and oxygen atoms in total. The van der Waals surface area contributed by atoms with E-state index in [2.05, 4.69) is 9.97 Å². The number of nitrogens with zero attached hydrogens (tertiary/aromatic N) is 4. The fourth-order valence-corrected chi connectivity index (χ4v) is 3.98. The van der Waals surface area contributed by atoms with E-state index in [1.165, 1.54) is 12.1 Å². The fourth-order valence-electron chi connectivity index (χ4n) is 3.98. The minimum atomic E-state index is -0.555. The number of aromatic nitrogens is 2. The third kappa shape index (κ3) is 4.70. The number of ketones is 1. The lowest BCUT2D eigenvalue weighted by Gasteiger charge is -2.31. The first-order valence-corrected chi connectivity index (χ1v) is 10.4. The summed E-state index contributed by atoms with van der Waals surface area (Å²) in [7, 11) is 0. The summed E-state index contributed by atoms with van der Waals surface area (Å²) in [6, 6.07) is 14.9. The van der Waals surface area contributed by atoms with Crippen molar-refractivity contribution in [1.82, 2.24) is 14.9 Å². The number of carbonyl (C=O) groups is 2. The molecular formula is C25H21FN4O2. The third-order valence-electron chi connectivity index (χ3n) is 5.70. The molecular weight excluding hydrogens is 407 g/mol. The molecule has 1 saturated heterocycles. The number of hydrogen-bond acceptors (Lipinski definition) is 5. The SMILES string of the molecule is N#Cc1ccc(F)cc1C(=O)N1CCC(C(=O)Cc2cccc(-c3ncccn3)c2)CC1. The van der Waals surface area contributed by atoms with Crippen LogP contribution in [0.25, 0.3) is 11.4 Å². The zero-order valence-electron chi connectivity index (χ0n) is 17.4. The van der Waals surface area contributed by atoms with Crippen LogP contribution in [0.1, 0.15) is 34.3 Å². The van der Waals surface area contributed by atoms with Crippen LogP contribution in [0.4, 0.5) is 4.39 Å². The van der Waals surface area contributed by atoms with Crippen LogP contribution in [-0.2, 0) is 11.2 Å². The second-order valence-electron chi connectivity index (χ2n) is 7.78. The number of nitriles is 1. The second kappa shape index (κ2) is 9.48. The molecule has 2 aromatic carbocycles. The molecule has 0 radical (unpaired) electrons. The van der Waals surface area contributed by atoms with Gasteiger partial charge in [0.15, 0.2) is 5.82 Å². The van der Waals surface area contributed by atoms with Gasteiger partial charge >= 0.3 is 0 Å². The van der Waals surface area contributed by atoms with E-state index in [4.69, 9.17) is 0 Å². The molecule has 1 aliphatic rings. The molecule has 0 spiro atoms. The van der Waals surface area contributed by atoms with E-state index in [0.717, 1.165) is 17.2 Å². The van der Waals surface area contributed by atoms with Crippen molar-refractivity contribution in [2.75, 3.05) is 13.1 Å². The average Bonchev–Trinajstić information content (AvgIpc) is 2.84. The lowest BCUT2D eigenvalue weighted by molar-refractivity contribution is -0.123. The van der Waals surface area contributed by atoms with Gasteiger partial charge in [-0.2, -0.15) is 5.26 Å². The van der Waals surface area contributed by atoms with E-state index >= 15 is 0 Å². The van der Waals surface area contributed by atoms with Crippen molar-refractivity contribution in [3.63, 3.8) is 0 Å². The minimum absolute atomic E-state index is 0.0669. The van der Waals surface area contributed by atoms with E-state index < -0.39 is 5.82 Å². The number of benzene rings is 2. The Morgan fingerprint density at radius 2 is 1.81 bits per heavy atom. The number of amides is 1. The van der Waals surface area contributed by atoms with Crippen molar-refractivity contribution in [2.24, 2.45) is 5.92 Å². The van der Waals surface area contributed by atoms with Crippen molar-refractivity contribution in [1.29, 1.82) is 5.26 Å². The molecule has 0 aliphatic carbocycles. The maximum atomic E-state index is 13.6. The molecule has 1 aliphatic heterocycles. The Kier molecular flexibility index (Phi) is 6.31. The standard InChI is InChI=1S/C25H21FN4O2/c26-21-6-5-20(16-27)22(15-21)25(32)30-11-7-18(8-12-30)23(31)14-17-3-1-4-19(13-17)24-28-9-2-10-29-24/h1-6,9-10,13,15,18H,7-8,11-12,14H2. The summed E-state index contributed by atoms with van der Waals surface area (Å²) in [5.74, 6) is -0.323. The molecule has 160 valence electrons. The summed E-state index contributed by atoms with van der Waals surface area (Å²) < 4.78 is 13.6. The number of piperidine rings is 1. The van der Waals surface area contributed by atoms with Crippen molar-refractivity contribution in [2.45, 2.75) is 19.3 Å². The number of halogens is 1. The van der Waals surface area contributed by atoms with Gasteiger partial charge in [0.25, 0.3) is 5.91 Å². The van der Waals surface area contributed by atoms with E-state index in [9.17, 15) is 19.2 Å². The maximum absolute atomic E-state index is 13.6. The van der Waals surface area contributed by atoms with E-state index in [-0.39, 0.29) is 28.7 Å². The molecule has 2 heterocycles. The van der Waals surface area contributed by atoms with Gasteiger partial charge in [-0.3, -0.25) is 9.59 Å². The maximum Gasteiger partial charge on any atom is 0.255 e. The Bertz CT molecular complexity index is 1180. The zero-order valence-corrected chi connectivity index (χ0v) is 17.4. The van der Waals surface area contributed by atoms with Crippen LogP contribution in [0, 0.1) is 23.1 Å². The quantitative estimate of drug-likeness (QED) is 0.617. The normalized spacial score (nSPS) is 14.1. The van der Waals surface area contributed by atoms with Crippen LogP contribution in [0.5, 0.6) is 0 Å². The molecule has 7 heteroatoms. The van der Waals surface area contributed by atoms with Gasteiger partial charge in [-0.25, -0.2) is 14.4 Å². The van der Waals surface area contributed by atoms with Crippen molar-refractivity contribution in [3.05, 3.63) is 83.4 Å². The monoisotopic (exact) mass is 428 g/mol. The number of carbonyl (C=O) groups excluding carboxylic acids is 2. The third-order valence-corrected chi connectivity index (χ3v) is 5.70. The number of rotatable bonds is 5. The first-order chi connectivity index (χ1) is 15.5. The second-order valence-corrected chi connectivity index (χ2v) is 7.78. The molecule has 1 aromatic heterocycles. The van der Waals surface area contributed by atoms with Gasteiger partial charge in [-0.15, -0.1) is 0 Å². The topological polar surface area (TPSA) is 87.0 Å². The minimum Gasteiger partial charge on any atom is -0.339 e. The van der Waals surface area contributed by atoms with Gasteiger partial charge < -0.3 is 4.90 Å². The summed E-state index contributed by atoms with van der Waals surface area (Å²) in [5, 5.41) is 9.21. The molecule has 0 bridgehead atoms. The summed E-state index contributed by atoms with van der Waals surface area (Å²) in [6.07, 6.45) is 4.76. The largest absolute Gasteiger partial charge is 0.339 e. The highest BCUT2D eigenvalue weighted by atomic mass is 19.1. The molecule has 0 N–H and O–H groups in total. The highest BCUT2D eigenvalue weighted by molar-refractivity contribution is 5.97. The Balaban J connectivity index is 1.38. The van der Waals surface area contributed by atoms with Crippen LogP contribution < -0.4 is 0 Å². The number of Topliss-reactive ketones (excluding diaryl/α,β-unsaturated/α-hetero) is 1. The van der Waals surface area contributed by atoms with Gasteiger partial charge in [0.1, 0.15) is 11.6 Å². The van der Waals surface area contributed by atoms with Crippen LogP contribution in [0.15, 0.2) is 60.9 Å². The Morgan fingerprint density at radius 1 is 1.06 bits per heavy atom. The van der Waals surface area contributed by atoms with Gasteiger partial charge in [0, 0.05) is 43.4 Å². The fraction of sp³-hybridized carbons (Fsp3) is 0.240. The lowest BCUT2D eigenvalue weighted by Crippen LogP contribution is -2.40. The Morgan fingerprint density at radius 3 is 2.53 bits per heavy atom. The summed E-state index contributed by atoms with van der Waals surface area (Å²) >= 11 is 0. The Hall–Kier alpha value is -3.92. The smallest absolute Gasteiger partial charge is 0.255 e. The highest BCUT2D eigenvalue weighted by Gasteiger charge is 2.29. The number of hydrogen-bond donors (Lipinski definition) is 0. The van der Waals surface area contributed by atoms with Gasteiger partial charge in [0.2, 0.25) is 0 Å². The summed E-state index contributed by atoms with van der Waals surface area (Å²) in [6.45, 7) is 0.795. The molecule has 4 rings (SSSR count). The number of likely N-dealkylation sites (tertiary alicyclic amines) is 1. The first kappa shape index (κ1) is 21.3. The predicted molar refractivity (Wildman–Crippen MR) is 116 cm³/mol. The van der Waals surface area contributed by atoms with Gasteiger partial charge in [0.05, 0.1) is 17.2 Å². The van der Waals surface area contributed by atoms with Crippen LogP contribution in [0.3, 0.4) is 0 Å². The average molecular weight is 428 g/mol. The van der Waals surface area contributed by atoms with Gasteiger partial charge in [-0.05, 0) is 48.7 Å². The van der Waals surface area contributed by atoms with E-state index in [1.807, 2.05) is 30.3 Å². The van der Waals surface area contributed by atoms with Crippen molar-refractivity contribution < 1.29 is 14.0 Å². The van der Waals surface area contributed by atoms with E-state index in [0.29, 0.717) is 38.2 Å². The molecule has 0 unspecified atom stereocenters. The molecule has 32 heavy (non-hydrogen) atoms. The van der Waals surface area contributed by atoms with Crippen molar-refractivity contribution in [3.8, 4) is 17.5 Å². The highest BCUT2D eigenvalue weighted by Crippen LogP contribution is 2.24. The molecule has 0 atom stereocenters. The summed E-state index contributed by atoms with van der Waals surface area (Å²) in [4.78, 5) is 35.8. The van der Waals surface area contributed by atoms with Crippen LogP contribution >= 0.6 is 0 Å². The van der Waals surface area contributed by atoms with Crippen LogP contribution in [-0.4, -0.2) is 39.6 Å². The molecule has 1 fully saturated rings.